The first kappa shape index (κ1) is 13.9. The molecule has 1 heterocycles. The van der Waals surface area contributed by atoms with E-state index in [-0.39, 0.29) is 6.04 Å². The third kappa shape index (κ3) is 3.71. The number of amides is 1. The van der Waals surface area contributed by atoms with Gasteiger partial charge in [0.15, 0.2) is 0 Å². The van der Waals surface area contributed by atoms with Crippen molar-refractivity contribution in [2.24, 2.45) is 5.11 Å². The van der Waals surface area contributed by atoms with Crippen LogP contribution in [0.4, 0.5) is 10.5 Å². The minimum Gasteiger partial charge on any atom is -0.465 e. The van der Waals surface area contributed by atoms with Gasteiger partial charge in [0.2, 0.25) is 0 Å². The van der Waals surface area contributed by atoms with E-state index in [0.29, 0.717) is 12.1 Å². The molecule has 0 unspecified atom stereocenters. The Morgan fingerprint density at radius 2 is 2.45 bits per heavy atom. The number of aromatic nitrogens is 1. The third-order valence-corrected chi connectivity index (χ3v) is 3.41. The molecule has 1 atom stereocenters. The molecule has 0 saturated heterocycles. The summed E-state index contributed by atoms with van der Waals surface area (Å²) >= 11 is 1.42. The maximum Gasteiger partial charge on any atom is 0.409 e. The number of nitrogens with zero attached hydrogens (tertiary/aromatic N) is 4. The number of hydrogen-bond acceptors (Lipinski definition) is 4. The minimum atomic E-state index is -1.12. The van der Waals surface area contributed by atoms with Crippen LogP contribution in [0.25, 0.3) is 10.4 Å². The monoisotopic (exact) mass is 289 g/mol. The van der Waals surface area contributed by atoms with Gasteiger partial charge < -0.3 is 5.11 Å². The molecule has 8 heteroatoms. The van der Waals surface area contributed by atoms with Crippen molar-refractivity contribution < 1.29 is 9.90 Å². The molecule has 20 heavy (non-hydrogen) atoms. The van der Waals surface area contributed by atoms with E-state index in [1.54, 1.807) is 24.4 Å². The van der Waals surface area contributed by atoms with E-state index in [0.717, 1.165) is 10.6 Å². The second-order valence-corrected chi connectivity index (χ2v) is 4.85. The standard InChI is InChI=1S/C12H11N5O2S/c13-17-16-10(11-14-4-5-20-11)7-8-2-1-3-9(6-8)15-12(18)19/h1-6,10,15H,7H2,(H,18,19)/t10-/m0/s1. The summed E-state index contributed by atoms with van der Waals surface area (Å²) in [4.78, 5) is 17.6. The largest absolute Gasteiger partial charge is 0.465 e. The number of anilines is 1. The van der Waals surface area contributed by atoms with Gasteiger partial charge in [0, 0.05) is 22.2 Å². The number of benzene rings is 1. The van der Waals surface area contributed by atoms with Gasteiger partial charge in [-0.15, -0.1) is 11.3 Å². The molecule has 1 aromatic heterocycles. The van der Waals surface area contributed by atoms with Crippen LogP contribution in [0, 0.1) is 0 Å². The fourth-order valence-corrected chi connectivity index (χ4v) is 2.43. The number of hydrogen-bond donors (Lipinski definition) is 2. The lowest BCUT2D eigenvalue weighted by Gasteiger charge is -2.09. The van der Waals surface area contributed by atoms with Crippen molar-refractivity contribution in [3.8, 4) is 0 Å². The van der Waals surface area contributed by atoms with Gasteiger partial charge >= 0.3 is 6.09 Å². The van der Waals surface area contributed by atoms with E-state index in [1.165, 1.54) is 11.3 Å². The maximum absolute atomic E-state index is 10.6. The number of nitrogens with one attached hydrogen (secondary N) is 1. The summed E-state index contributed by atoms with van der Waals surface area (Å²) in [7, 11) is 0. The Labute approximate surface area is 118 Å². The Balaban J connectivity index is 2.18. The highest BCUT2D eigenvalue weighted by molar-refractivity contribution is 7.09. The van der Waals surface area contributed by atoms with Gasteiger partial charge in [-0.2, -0.15) is 0 Å². The van der Waals surface area contributed by atoms with Crippen LogP contribution in [0.5, 0.6) is 0 Å². The van der Waals surface area contributed by atoms with Gasteiger partial charge in [0.25, 0.3) is 0 Å². The molecule has 0 bridgehead atoms. The van der Waals surface area contributed by atoms with E-state index in [4.69, 9.17) is 10.6 Å². The lowest BCUT2D eigenvalue weighted by Crippen LogP contribution is -2.07. The number of carboxylic acid groups (broad SMARTS) is 1. The molecule has 0 aliphatic rings. The van der Waals surface area contributed by atoms with E-state index in [2.05, 4.69) is 20.3 Å². The summed E-state index contributed by atoms with van der Waals surface area (Å²) in [5.41, 5.74) is 9.98. The predicted octanol–water partition coefficient (Wildman–Crippen LogP) is 3.83. The van der Waals surface area contributed by atoms with Crippen molar-refractivity contribution in [1.29, 1.82) is 0 Å². The zero-order chi connectivity index (χ0) is 14.4. The van der Waals surface area contributed by atoms with Crippen molar-refractivity contribution in [2.45, 2.75) is 12.5 Å². The molecule has 0 fully saturated rings. The molecule has 7 nitrogen and oxygen atoms in total. The summed E-state index contributed by atoms with van der Waals surface area (Å²) in [5.74, 6) is 0. The van der Waals surface area contributed by atoms with Crippen molar-refractivity contribution in [2.75, 3.05) is 5.32 Å². The molecule has 0 aliphatic heterocycles. The quantitative estimate of drug-likeness (QED) is 0.495. The van der Waals surface area contributed by atoms with Crippen LogP contribution < -0.4 is 5.32 Å². The fourth-order valence-electron chi connectivity index (χ4n) is 1.76. The number of azide groups is 1. The molecular formula is C12H11N5O2S. The first-order chi connectivity index (χ1) is 9.69. The van der Waals surface area contributed by atoms with Crippen molar-refractivity contribution >= 4 is 23.1 Å². The second kappa shape index (κ2) is 6.55. The Kier molecular flexibility index (Phi) is 4.54. The topological polar surface area (TPSA) is 111 Å². The summed E-state index contributed by atoms with van der Waals surface area (Å²) in [6.07, 6.45) is 1.00. The van der Waals surface area contributed by atoms with Crippen LogP contribution in [0.2, 0.25) is 0 Å². The average molecular weight is 289 g/mol. The lowest BCUT2D eigenvalue weighted by atomic mass is 10.1. The second-order valence-electron chi connectivity index (χ2n) is 3.93. The van der Waals surface area contributed by atoms with E-state index >= 15 is 0 Å². The van der Waals surface area contributed by atoms with Crippen molar-refractivity contribution in [3.63, 3.8) is 0 Å². The Morgan fingerprint density at radius 1 is 1.60 bits per heavy atom. The van der Waals surface area contributed by atoms with E-state index in [1.807, 2.05) is 11.4 Å². The van der Waals surface area contributed by atoms with Gasteiger partial charge in [0.1, 0.15) is 5.01 Å². The van der Waals surface area contributed by atoms with Crippen LogP contribution in [0.3, 0.4) is 0 Å². The van der Waals surface area contributed by atoms with Gasteiger partial charge in [-0.05, 0) is 29.6 Å². The molecule has 1 aromatic carbocycles. The van der Waals surface area contributed by atoms with Crippen LogP contribution in [-0.2, 0) is 6.42 Å². The molecular weight excluding hydrogens is 278 g/mol. The zero-order valence-corrected chi connectivity index (χ0v) is 11.1. The summed E-state index contributed by atoms with van der Waals surface area (Å²) in [5, 5.41) is 17.3. The Hall–Kier alpha value is -2.57. The Bertz CT molecular complexity index is 637. The molecule has 0 radical (unpaired) electrons. The molecule has 2 N–H and O–H groups in total. The first-order valence-electron chi connectivity index (χ1n) is 5.71. The van der Waals surface area contributed by atoms with E-state index in [9.17, 15) is 4.79 Å². The smallest absolute Gasteiger partial charge is 0.409 e. The third-order valence-electron chi connectivity index (χ3n) is 2.53. The van der Waals surface area contributed by atoms with Crippen LogP contribution in [0.15, 0.2) is 41.0 Å². The molecule has 0 aliphatic carbocycles. The van der Waals surface area contributed by atoms with Gasteiger partial charge in [-0.25, -0.2) is 9.78 Å². The fraction of sp³-hybridized carbons (Fsp3) is 0.167. The van der Waals surface area contributed by atoms with E-state index < -0.39 is 6.09 Å². The van der Waals surface area contributed by atoms with Crippen LogP contribution in [0.1, 0.15) is 16.6 Å². The summed E-state index contributed by atoms with van der Waals surface area (Å²) in [6, 6.07) is 6.57. The number of thiazole rings is 1. The highest BCUT2D eigenvalue weighted by Gasteiger charge is 2.13. The molecule has 2 rings (SSSR count). The van der Waals surface area contributed by atoms with Crippen molar-refractivity contribution in [3.05, 3.63) is 56.9 Å². The van der Waals surface area contributed by atoms with Crippen LogP contribution >= 0.6 is 11.3 Å². The highest BCUT2D eigenvalue weighted by atomic mass is 32.1. The van der Waals surface area contributed by atoms with Gasteiger partial charge in [-0.1, -0.05) is 17.2 Å². The predicted molar refractivity (Wildman–Crippen MR) is 75.8 cm³/mol. The molecule has 0 saturated carbocycles. The van der Waals surface area contributed by atoms with Gasteiger partial charge in [-0.3, -0.25) is 5.32 Å². The maximum atomic E-state index is 10.6. The number of carbonyl (C=O) groups is 1. The zero-order valence-electron chi connectivity index (χ0n) is 10.3. The first-order valence-corrected chi connectivity index (χ1v) is 6.59. The molecule has 102 valence electrons. The molecule has 2 aromatic rings. The highest BCUT2D eigenvalue weighted by Crippen LogP contribution is 2.25. The normalized spacial score (nSPS) is 11.4. The Morgan fingerprint density at radius 3 is 3.10 bits per heavy atom. The molecule has 0 spiro atoms. The molecule has 1 amide bonds. The van der Waals surface area contributed by atoms with Crippen molar-refractivity contribution in [1.82, 2.24) is 4.98 Å². The summed E-state index contributed by atoms with van der Waals surface area (Å²) < 4.78 is 0. The number of rotatable bonds is 5. The average Bonchev–Trinajstić information content (AvgIpc) is 2.91. The van der Waals surface area contributed by atoms with Gasteiger partial charge in [0.05, 0.1) is 6.04 Å². The SMILES string of the molecule is [N-]=[N+]=N[C@@H](Cc1cccc(NC(=O)O)c1)c1nccs1. The summed E-state index contributed by atoms with van der Waals surface area (Å²) in [6.45, 7) is 0. The van der Waals surface area contributed by atoms with Crippen LogP contribution in [-0.4, -0.2) is 16.2 Å². The minimum absolute atomic E-state index is 0.389. The lowest BCUT2D eigenvalue weighted by molar-refractivity contribution is 0.210.